The first-order valence-electron chi connectivity index (χ1n) is 8.27. The topological polar surface area (TPSA) is 104 Å². The lowest BCUT2D eigenvalue weighted by atomic mass is 9.74. The van der Waals surface area contributed by atoms with Crippen molar-refractivity contribution in [1.82, 2.24) is 5.32 Å². The van der Waals surface area contributed by atoms with E-state index in [9.17, 15) is 31.5 Å². The largest absolute Gasteiger partial charge is 0.490 e. The number of rotatable bonds is 11. The fourth-order valence-electron chi connectivity index (χ4n) is 2.14. The Labute approximate surface area is 166 Å². The predicted octanol–water partition coefficient (Wildman–Crippen LogP) is 3.66. The summed E-state index contributed by atoms with van der Waals surface area (Å²) in [6.07, 6.45) is -5.01. The van der Waals surface area contributed by atoms with E-state index in [1.54, 1.807) is 0 Å². The van der Waals surface area contributed by atoms with Crippen LogP contribution in [0.4, 0.5) is 22.0 Å². The van der Waals surface area contributed by atoms with Crippen LogP contribution >= 0.6 is 21.6 Å². The molecule has 1 fully saturated rings. The van der Waals surface area contributed by atoms with Crippen LogP contribution < -0.4 is 5.32 Å². The van der Waals surface area contributed by atoms with Crippen molar-refractivity contribution < 1.29 is 46.5 Å². The second-order valence-electron chi connectivity index (χ2n) is 5.81. The number of alkyl halides is 5. The van der Waals surface area contributed by atoms with Gasteiger partial charge in [0.2, 0.25) is 12.3 Å². The third kappa shape index (κ3) is 13.0. The molecule has 6 nitrogen and oxygen atoms in total. The molecule has 0 aromatic heterocycles. The highest BCUT2D eigenvalue weighted by Crippen LogP contribution is 2.36. The minimum atomic E-state index is -5.08. The van der Waals surface area contributed by atoms with Gasteiger partial charge in [-0.3, -0.25) is 9.59 Å². The average molecular weight is 455 g/mol. The van der Waals surface area contributed by atoms with Gasteiger partial charge in [-0.2, -0.15) is 13.2 Å². The number of amides is 1. The van der Waals surface area contributed by atoms with Crippen molar-refractivity contribution in [2.24, 2.45) is 11.8 Å². The Morgan fingerprint density at radius 1 is 1.07 bits per heavy atom. The first kappa shape index (κ1) is 26.8. The first-order valence-corrected chi connectivity index (χ1v) is 10.8. The van der Waals surface area contributed by atoms with Gasteiger partial charge in [-0.15, -0.1) is 0 Å². The number of carbonyl (C=O) groups is 3. The van der Waals surface area contributed by atoms with E-state index >= 15 is 0 Å². The van der Waals surface area contributed by atoms with Crippen LogP contribution in [0.15, 0.2) is 0 Å². The summed E-state index contributed by atoms with van der Waals surface area (Å²) in [7, 11) is 2.92. The van der Waals surface area contributed by atoms with Crippen LogP contribution in [0.25, 0.3) is 0 Å². The summed E-state index contributed by atoms with van der Waals surface area (Å²) in [5.74, 6) is -3.15. The number of nitrogens with one attached hydrogen (secondary N) is 1. The lowest BCUT2D eigenvalue weighted by Gasteiger charge is -2.32. The van der Waals surface area contributed by atoms with Gasteiger partial charge in [-0.25, -0.2) is 13.6 Å². The normalized spacial score (nSPS) is 15.2. The third-order valence-corrected chi connectivity index (χ3v) is 6.11. The van der Waals surface area contributed by atoms with Crippen molar-refractivity contribution in [3.8, 4) is 0 Å². The molecule has 1 aliphatic carbocycles. The standard InChI is InChI=1S/C13H21F2NO3S2.C2HF3O2/c14-11(15)8-10(9-2-1-3-9)13(19)16-5-7-21-20-6-4-12(17)18;3-2(4,5)1(6)7/h9-11H,1-8H2,(H,16,19)(H,17,18);(H,6,7). The van der Waals surface area contributed by atoms with Crippen molar-refractivity contribution >= 4 is 39.4 Å². The monoisotopic (exact) mass is 455 g/mol. The van der Waals surface area contributed by atoms with Gasteiger partial charge in [-0.05, 0) is 18.8 Å². The molecule has 0 aromatic carbocycles. The SMILES string of the molecule is O=C(O)C(F)(F)F.O=C(O)CCSSCCNC(=O)C(CC(F)F)C1CCC1. The summed E-state index contributed by atoms with van der Waals surface area (Å²) in [6.45, 7) is 0.427. The van der Waals surface area contributed by atoms with Gasteiger partial charge in [-0.1, -0.05) is 28.0 Å². The number of carbonyl (C=O) groups excluding carboxylic acids is 1. The van der Waals surface area contributed by atoms with E-state index in [4.69, 9.17) is 15.0 Å². The molecule has 0 radical (unpaired) electrons. The van der Waals surface area contributed by atoms with E-state index in [1.807, 2.05) is 0 Å². The molecule has 1 saturated carbocycles. The van der Waals surface area contributed by atoms with E-state index in [2.05, 4.69) is 5.32 Å². The van der Waals surface area contributed by atoms with Gasteiger partial charge in [0, 0.05) is 30.4 Å². The maximum atomic E-state index is 12.5. The summed E-state index contributed by atoms with van der Waals surface area (Å²) in [4.78, 5) is 31.1. The van der Waals surface area contributed by atoms with Crippen LogP contribution in [0.5, 0.6) is 0 Å². The molecule has 0 saturated heterocycles. The molecule has 0 aromatic rings. The molecule has 1 unspecified atom stereocenters. The van der Waals surface area contributed by atoms with Crippen molar-refractivity contribution in [3.63, 3.8) is 0 Å². The fraction of sp³-hybridized carbons (Fsp3) is 0.800. The Hall–Kier alpha value is -1.24. The molecule has 0 bridgehead atoms. The Morgan fingerprint density at radius 3 is 2.00 bits per heavy atom. The van der Waals surface area contributed by atoms with Gasteiger partial charge < -0.3 is 15.5 Å². The maximum Gasteiger partial charge on any atom is 0.490 e. The van der Waals surface area contributed by atoms with Crippen LogP contribution in [0.1, 0.15) is 32.1 Å². The van der Waals surface area contributed by atoms with E-state index in [1.165, 1.54) is 21.6 Å². The second kappa shape index (κ2) is 13.9. The van der Waals surface area contributed by atoms with Gasteiger partial charge in [0.25, 0.3) is 0 Å². The van der Waals surface area contributed by atoms with Crippen molar-refractivity contribution in [3.05, 3.63) is 0 Å². The lowest BCUT2D eigenvalue weighted by molar-refractivity contribution is -0.192. The Balaban J connectivity index is 0.000000887. The molecule has 1 atom stereocenters. The average Bonchev–Trinajstić information content (AvgIpc) is 2.50. The van der Waals surface area contributed by atoms with Gasteiger partial charge in [0.05, 0.1) is 6.42 Å². The van der Waals surface area contributed by atoms with Crippen LogP contribution in [0.2, 0.25) is 0 Å². The highest BCUT2D eigenvalue weighted by atomic mass is 33.1. The summed E-state index contributed by atoms with van der Waals surface area (Å²) in [5, 5.41) is 18.3. The second-order valence-corrected chi connectivity index (χ2v) is 8.51. The molecule has 13 heteroatoms. The molecule has 164 valence electrons. The van der Waals surface area contributed by atoms with E-state index < -0.39 is 30.5 Å². The highest BCUT2D eigenvalue weighted by molar-refractivity contribution is 8.76. The molecule has 1 aliphatic rings. The molecular formula is C15H22F5NO5S2. The van der Waals surface area contributed by atoms with Crippen LogP contribution in [0.3, 0.4) is 0 Å². The zero-order valence-corrected chi connectivity index (χ0v) is 16.3. The molecule has 0 heterocycles. The molecule has 28 heavy (non-hydrogen) atoms. The first-order chi connectivity index (χ1) is 12.9. The molecule has 0 aliphatic heterocycles. The van der Waals surface area contributed by atoms with Crippen LogP contribution in [-0.4, -0.2) is 58.7 Å². The lowest BCUT2D eigenvalue weighted by Crippen LogP contribution is -2.39. The molecule has 1 rings (SSSR count). The fourth-order valence-corrected chi connectivity index (χ4v) is 4.03. The molecule has 3 N–H and O–H groups in total. The third-order valence-electron chi connectivity index (χ3n) is 3.70. The number of hydrogen-bond donors (Lipinski definition) is 3. The Morgan fingerprint density at radius 2 is 1.61 bits per heavy atom. The van der Waals surface area contributed by atoms with Crippen molar-refractivity contribution in [2.75, 3.05) is 18.1 Å². The maximum absolute atomic E-state index is 12.5. The number of carboxylic acids is 2. The van der Waals surface area contributed by atoms with Gasteiger partial charge in [0.1, 0.15) is 0 Å². The number of carboxylic acid groups (broad SMARTS) is 2. The van der Waals surface area contributed by atoms with Gasteiger partial charge >= 0.3 is 18.1 Å². The summed E-state index contributed by atoms with van der Waals surface area (Å²) in [5.41, 5.74) is 0. The minimum Gasteiger partial charge on any atom is -0.481 e. The number of halogens is 5. The summed E-state index contributed by atoms with van der Waals surface area (Å²) in [6, 6.07) is 0. The molecule has 1 amide bonds. The van der Waals surface area contributed by atoms with E-state index in [-0.39, 0.29) is 24.7 Å². The predicted molar refractivity (Wildman–Crippen MR) is 95.3 cm³/mol. The number of aliphatic carboxylic acids is 2. The Kier molecular flexibility index (Phi) is 13.2. The van der Waals surface area contributed by atoms with E-state index in [0.717, 1.165) is 19.3 Å². The van der Waals surface area contributed by atoms with Crippen molar-refractivity contribution in [2.45, 2.75) is 44.7 Å². The highest BCUT2D eigenvalue weighted by Gasteiger charge is 2.38. The zero-order valence-electron chi connectivity index (χ0n) is 14.7. The van der Waals surface area contributed by atoms with Gasteiger partial charge in [0.15, 0.2) is 0 Å². The van der Waals surface area contributed by atoms with Crippen LogP contribution in [0, 0.1) is 11.8 Å². The summed E-state index contributed by atoms with van der Waals surface area (Å²) < 4.78 is 56.8. The number of hydrogen-bond acceptors (Lipinski definition) is 5. The Bertz CT molecular complexity index is 504. The van der Waals surface area contributed by atoms with Crippen molar-refractivity contribution in [1.29, 1.82) is 0 Å². The summed E-state index contributed by atoms with van der Waals surface area (Å²) >= 11 is 0. The molecule has 0 spiro atoms. The van der Waals surface area contributed by atoms with E-state index in [0.29, 0.717) is 18.1 Å². The smallest absolute Gasteiger partial charge is 0.481 e. The quantitative estimate of drug-likeness (QED) is 0.248. The minimum absolute atomic E-state index is 0.108. The van der Waals surface area contributed by atoms with Crippen LogP contribution in [-0.2, 0) is 14.4 Å². The molecular weight excluding hydrogens is 433 g/mol. The zero-order chi connectivity index (χ0) is 21.7.